The molecule has 2 aromatic rings. The van der Waals surface area contributed by atoms with Gasteiger partial charge in [-0.15, -0.1) is 0 Å². The van der Waals surface area contributed by atoms with Gasteiger partial charge in [-0.25, -0.2) is 4.98 Å². The lowest BCUT2D eigenvalue weighted by molar-refractivity contribution is 0.395. The summed E-state index contributed by atoms with van der Waals surface area (Å²) < 4.78 is 13.0. The summed E-state index contributed by atoms with van der Waals surface area (Å²) in [6.45, 7) is 2.93. The summed E-state index contributed by atoms with van der Waals surface area (Å²) >= 11 is 0. The van der Waals surface area contributed by atoms with Gasteiger partial charge in [-0.1, -0.05) is 0 Å². The second kappa shape index (κ2) is 5.41. The number of hydrogen-bond acceptors (Lipinski definition) is 4. The van der Waals surface area contributed by atoms with E-state index in [2.05, 4.69) is 11.5 Å². The Labute approximate surface area is 124 Å². The number of methoxy groups -OCH3 is 2. The van der Waals surface area contributed by atoms with E-state index < -0.39 is 0 Å². The van der Waals surface area contributed by atoms with Crippen molar-refractivity contribution in [2.45, 2.75) is 32.4 Å². The van der Waals surface area contributed by atoms with E-state index in [0.29, 0.717) is 0 Å². The van der Waals surface area contributed by atoms with Gasteiger partial charge >= 0.3 is 0 Å². The molecular formula is C16H21N3O2. The predicted octanol–water partition coefficient (Wildman–Crippen LogP) is 2.15. The minimum atomic E-state index is 0.219. The lowest BCUT2D eigenvalue weighted by Crippen LogP contribution is -2.32. The molecule has 1 aliphatic rings. The first kappa shape index (κ1) is 13.9. The Hall–Kier alpha value is -2.01. The Morgan fingerprint density at radius 3 is 2.81 bits per heavy atom. The molecule has 1 unspecified atom stereocenters. The first-order valence-corrected chi connectivity index (χ1v) is 7.18. The van der Waals surface area contributed by atoms with Gasteiger partial charge in [0.05, 0.1) is 19.9 Å². The average molecular weight is 287 g/mol. The van der Waals surface area contributed by atoms with E-state index in [1.54, 1.807) is 14.2 Å². The molecule has 0 spiro atoms. The van der Waals surface area contributed by atoms with Crippen LogP contribution in [0.4, 0.5) is 0 Å². The first-order chi connectivity index (χ1) is 10.1. The third-order valence-corrected chi connectivity index (χ3v) is 4.12. The highest BCUT2D eigenvalue weighted by Gasteiger charge is 2.23. The van der Waals surface area contributed by atoms with Gasteiger partial charge in [0.2, 0.25) is 0 Å². The second-order valence-corrected chi connectivity index (χ2v) is 5.44. The molecule has 1 atom stereocenters. The van der Waals surface area contributed by atoms with Crippen LogP contribution in [0.1, 0.15) is 17.9 Å². The molecule has 0 saturated carbocycles. The van der Waals surface area contributed by atoms with Gasteiger partial charge in [-0.3, -0.25) is 0 Å². The number of nitrogens with zero attached hydrogens (tertiary/aromatic N) is 2. The van der Waals surface area contributed by atoms with Crippen molar-refractivity contribution in [3.8, 4) is 22.8 Å². The molecule has 0 fully saturated rings. The number of rotatable bonds is 3. The number of aryl methyl sites for hydroxylation is 1. The number of benzene rings is 1. The van der Waals surface area contributed by atoms with Gasteiger partial charge in [0.1, 0.15) is 17.3 Å². The highest BCUT2D eigenvalue weighted by Crippen LogP contribution is 2.35. The van der Waals surface area contributed by atoms with Crippen LogP contribution < -0.4 is 15.2 Å². The summed E-state index contributed by atoms with van der Waals surface area (Å²) in [4.78, 5) is 4.81. The fourth-order valence-corrected chi connectivity index (χ4v) is 2.91. The Balaban J connectivity index is 2.09. The molecule has 0 aliphatic carbocycles. The Bertz CT molecular complexity index is 664. The van der Waals surface area contributed by atoms with Crippen LogP contribution in [-0.2, 0) is 13.0 Å². The largest absolute Gasteiger partial charge is 0.497 e. The van der Waals surface area contributed by atoms with Crippen LogP contribution in [-0.4, -0.2) is 29.8 Å². The van der Waals surface area contributed by atoms with Crippen LogP contribution in [0.2, 0.25) is 0 Å². The molecule has 5 nitrogen and oxygen atoms in total. The molecule has 2 N–H and O–H groups in total. The molecule has 5 heteroatoms. The molecule has 2 heterocycles. The van der Waals surface area contributed by atoms with Crippen LogP contribution >= 0.6 is 0 Å². The van der Waals surface area contributed by atoms with E-state index in [1.807, 2.05) is 18.2 Å². The zero-order valence-electron chi connectivity index (χ0n) is 12.7. The minimum Gasteiger partial charge on any atom is -0.497 e. The standard InChI is InChI=1S/C16H21N3O2/c1-10-16(18-15-7-4-11(17)9-19(10)15)13-6-5-12(20-2)8-14(13)21-3/h5-6,8,11H,4,7,9,17H2,1-3H3. The smallest absolute Gasteiger partial charge is 0.132 e. The maximum absolute atomic E-state index is 6.07. The van der Waals surface area contributed by atoms with Gasteiger partial charge in [0.25, 0.3) is 0 Å². The van der Waals surface area contributed by atoms with E-state index in [1.165, 1.54) is 0 Å². The maximum atomic E-state index is 6.07. The highest BCUT2D eigenvalue weighted by atomic mass is 16.5. The second-order valence-electron chi connectivity index (χ2n) is 5.44. The number of fused-ring (bicyclic) bond motifs is 1. The van der Waals surface area contributed by atoms with Crippen LogP contribution in [0.15, 0.2) is 18.2 Å². The quantitative estimate of drug-likeness (QED) is 0.939. The summed E-state index contributed by atoms with van der Waals surface area (Å²) in [6.07, 6.45) is 1.93. The monoisotopic (exact) mass is 287 g/mol. The van der Waals surface area contributed by atoms with Crippen molar-refractivity contribution >= 4 is 0 Å². The third-order valence-electron chi connectivity index (χ3n) is 4.12. The number of hydrogen-bond donors (Lipinski definition) is 1. The zero-order valence-corrected chi connectivity index (χ0v) is 12.7. The van der Waals surface area contributed by atoms with E-state index in [4.69, 9.17) is 20.2 Å². The highest BCUT2D eigenvalue weighted by molar-refractivity contribution is 5.70. The molecule has 0 amide bonds. The zero-order chi connectivity index (χ0) is 15.0. The number of aromatic nitrogens is 2. The van der Waals surface area contributed by atoms with Crippen molar-refractivity contribution in [3.63, 3.8) is 0 Å². The van der Waals surface area contributed by atoms with E-state index >= 15 is 0 Å². The molecule has 1 aromatic heterocycles. The van der Waals surface area contributed by atoms with Crippen molar-refractivity contribution < 1.29 is 9.47 Å². The molecule has 1 aliphatic heterocycles. The first-order valence-electron chi connectivity index (χ1n) is 7.18. The summed E-state index contributed by atoms with van der Waals surface area (Å²) in [6, 6.07) is 6.04. The van der Waals surface area contributed by atoms with Gasteiger partial charge in [0, 0.05) is 36.3 Å². The van der Waals surface area contributed by atoms with Gasteiger partial charge < -0.3 is 19.8 Å². The van der Waals surface area contributed by atoms with Crippen molar-refractivity contribution in [1.29, 1.82) is 0 Å². The lowest BCUT2D eigenvalue weighted by Gasteiger charge is -2.21. The van der Waals surface area contributed by atoms with Gasteiger partial charge in [0.15, 0.2) is 0 Å². The third kappa shape index (κ3) is 2.38. The molecule has 0 saturated heterocycles. The minimum absolute atomic E-state index is 0.219. The fraction of sp³-hybridized carbons (Fsp3) is 0.438. The number of ether oxygens (including phenoxy) is 2. The average Bonchev–Trinajstić information content (AvgIpc) is 2.83. The maximum Gasteiger partial charge on any atom is 0.132 e. The lowest BCUT2D eigenvalue weighted by atomic mass is 10.1. The molecule has 112 valence electrons. The fourth-order valence-electron chi connectivity index (χ4n) is 2.91. The normalized spacial score (nSPS) is 17.4. The van der Waals surface area contributed by atoms with Crippen molar-refractivity contribution in [3.05, 3.63) is 29.7 Å². The molecule has 1 aromatic carbocycles. The van der Waals surface area contributed by atoms with Crippen LogP contribution in [0.25, 0.3) is 11.3 Å². The Morgan fingerprint density at radius 1 is 1.29 bits per heavy atom. The van der Waals surface area contributed by atoms with Gasteiger partial charge in [-0.05, 0) is 25.5 Å². The summed E-state index contributed by atoms with van der Waals surface area (Å²) in [5, 5.41) is 0. The molecule has 0 radical (unpaired) electrons. The Kier molecular flexibility index (Phi) is 3.59. The summed E-state index contributed by atoms with van der Waals surface area (Å²) in [5.74, 6) is 2.67. The molecular weight excluding hydrogens is 266 g/mol. The predicted molar refractivity (Wildman–Crippen MR) is 81.8 cm³/mol. The number of imidazole rings is 1. The summed E-state index contributed by atoms with van der Waals surface area (Å²) in [5.41, 5.74) is 9.18. The summed E-state index contributed by atoms with van der Waals surface area (Å²) in [7, 11) is 3.32. The van der Waals surface area contributed by atoms with E-state index in [0.717, 1.165) is 53.7 Å². The molecule has 21 heavy (non-hydrogen) atoms. The van der Waals surface area contributed by atoms with Crippen molar-refractivity contribution in [2.24, 2.45) is 5.73 Å². The van der Waals surface area contributed by atoms with E-state index in [9.17, 15) is 0 Å². The van der Waals surface area contributed by atoms with Crippen LogP contribution in [0.3, 0.4) is 0 Å². The van der Waals surface area contributed by atoms with Crippen LogP contribution in [0.5, 0.6) is 11.5 Å². The van der Waals surface area contributed by atoms with E-state index in [-0.39, 0.29) is 6.04 Å². The van der Waals surface area contributed by atoms with Crippen LogP contribution in [0, 0.1) is 6.92 Å². The topological polar surface area (TPSA) is 62.3 Å². The number of nitrogens with two attached hydrogens (primary N) is 1. The van der Waals surface area contributed by atoms with Crippen molar-refractivity contribution in [1.82, 2.24) is 9.55 Å². The Morgan fingerprint density at radius 2 is 2.10 bits per heavy atom. The SMILES string of the molecule is COc1ccc(-c2nc3n(c2C)CC(N)CC3)c(OC)c1. The van der Waals surface area contributed by atoms with Crippen molar-refractivity contribution in [2.75, 3.05) is 14.2 Å². The van der Waals surface area contributed by atoms with Gasteiger partial charge in [-0.2, -0.15) is 0 Å². The molecule has 0 bridgehead atoms. The molecule has 3 rings (SSSR count).